The summed E-state index contributed by atoms with van der Waals surface area (Å²) in [6.45, 7) is 7.57. The summed E-state index contributed by atoms with van der Waals surface area (Å²) in [5, 5.41) is 22.9. The van der Waals surface area contributed by atoms with Gasteiger partial charge < -0.3 is 15.5 Å². The Bertz CT molecular complexity index is 1480. The van der Waals surface area contributed by atoms with Crippen molar-refractivity contribution in [2.45, 2.75) is 52.2 Å². The van der Waals surface area contributed by atoms with Gasteiger partial charge in [-0.2, -0.15) is 15.6 Å². The van der Waals surface area contributed by atoms with Crippen LogP contribution in [0.3, 0.4) is 0 Å². The van der Waals surface area contributed by atoms with E-state index in [2.05, 4.69) is 47.2 Å². The first-order valence-corrected chi connectivity index (χ1v) is 12.3. The Morgan fingerprint density at radius 2 is 2.00 bits per heavy atom. The van der Waals surface area contributed by atoms with Crippen LogP contribution in [0.4, 0.5) is 0 Å². The first-order chi connectivity index (χ1) is 17.8. The summed E-state index contributed by atoms with van der Waals surface area (Å²) in [5.74, 6) is 6.34. The lowest BCUT2D eigenvalue weighted by Crippen LogP contribution is -2.32. The summed E-state index contributed by atoms with van der Waals surface area (Å²) in [7, 11) is 0. The molecule has 0 aromatic carbocycles. The van der Waals surface area contributed by atoms with Gasteiger partial charge in [-0.3, -0.25) is 14.4 Å². The van der Waals surface area contributed by atoms with Crippen LogP contribution in [0, 0.1) is 28.2 Å². The predicted molar refractivity (Wildman–Crippen MR) is 139 cm³/mol. The van der Waals surface area contributed by atoms with Crippen LogP contribution in [-0.4, -0.2) is 49.8 Å². The van der Waals surface area contributed by atoms with Gasteiger partial charge in [-0.1, -0.05) is 19.9 Å². The number of pyridine rings is 2. The number of hydrogen-bond donors (Lipinski definition) is 1. The Labute approximate surface area is 215 Å². The monoisotopic (exact) mass is 495 g/mol. The van der Waals surface area contributed by atoms with Gasteiger partial charge in [-0.15, -0.1) is 0 Å². The minimum atomic E-state index is -0.311. The lowest BCUT2D eigenvalue weighted by Gasteiger charge is -2.28. The van der Waals surface area contributed by atoms with Crippen LogP contribution in [-0.2, 0) is 6.42 Å². The van der Waals surface area contributed by atoms with Gasteiger partial charge in [0.05, 0.1) is 23.6 Å². The molecule has 4 heterocycles. The van der Waals surface area contributed by atoms with Gasteiger partial charge in [0.2, 0.25) is 5.88 Å². The first-order valence-electron chi connectivity index (χ1n) is 12.3. The largest absolute Gasteiger partial charge is 0.468 e. The molecule has 1 unspecified atom stereocenters. The van der Waals surface area contributed by atoms with E-state index in [9.17, 15) is 5.26 Å². The highest BCUT2D eigenvalue weighted by atomic mass is 16.5. The fourth-order valence-corrected chi connectivity index (χ4v) is 5.31. The van der Waals surface area contributed by atoms with E-state index in [4.69, 9.17) is 20.8 Å². The summed E-state index contributed by atoms with van der Waals surface area (Å²) < 4.78 is 8.36. The number of nitrogens with two attached hydrogens (primary N) is 1. The molecule has 0 radical (unpaired) electrons. The highest BCUT2D eigenvalue weighted by Gasteiger charge is 2.42. The van der Waals surface area contributed by atoms with E-state index in [0.717, 1.165) is 30.5 Å². The van der Waals surface area contributed by atoms with Crippen molar-refractivity contribution < 1.29 is 4.74 Å². The maximum Gasteiger partial charge on any atom is 0.201 e. The summed E-state index contributed by atoms with van der Waals surface area (Å²) in [4.78, 5) is 15.7. The topological polar surface area (TPSA) is 141 Å². The van der Waals surface area contributed by atoms with E-state index < -0.39 is 0 Å². The van der Waals surface area contributed by atoms with Gasteiger partial charge in [0, 0.05) is 36.3 Å². The van der Waals surface area contributed by atoms with Crippen LogP contribution < -0.4 is 10.6 Å². The number of aliphatic imine (C=N–C) groups is 1. The molecule has 1 aliphatic carbocycles. The fourth-order valence-electron chi connectivity index (χ4n) is 5.31. The molecule has 1 fully saturated rings. The first kappa shape index (κ1) is 24.3. The lowest BCUT2D eigenvalue weighted by molar-refractivity contribution is 0.0813. The van der Waals surface area contributed by atoms with Crippen molar-refractivity contribution in [1.29, 1.82) is 10.5 Å². The average Bonchev–Trinajstić information content (AvgIpc) is 3.42. The minimum absolute atomic E-state index is 0.0966. The van der Waals surface area contributed by atoms with Crippen molar-refractivity contribution in [2.24, 2.45) is 21.4 Å². The van der Waals surface area contributed by atoms with E-state index in [1.807, 2.05) is 25.1 Å². The standard InChI is InChI=1S/C27H29N9O/c1-17(33-20-6-9-35(16-29)10-7-20)24(34-30)19-11-22-32-15-21(14-28)36(22)23(12-19)37-26-25-18(5-4-8-31-25)13-27(26,2)3/h4-5,8,11-12,15,20,26H,6-7,9-10,13,30H2,1-3H3/b33-17?,34-24+. The second-order valence-electron chi connectivity index (χ2n) is 10.3. The number of piperidine rings is 1. The average molecular weight is 496 g/mol. The number of aromatic nitrogens is 3. The molecular weight excluding hydrogens is 466 g/mol. The quantitative estimate of drug-likeness (QED) is 0.247. The molecule has 0 spiro atoms. The maximum atomic E-state index is 9.74. The Morgan fingerprint density at radius 3 is 2.70 bits per heavy atom. The molecule has 37 heavy (non-hydrogen) atoms. The summed E-state index contributed by atoms with van der Waals surface area (Å²) >= 11 is 0. The van der Waals surface area contributed by atoms with Gasteiger partial charge in [0.1, 0.15) is 29.2 Å². The van der Waals surface area contributed by atoms with Crippen LogP contribution in [0.15, 0.2) is 46.8 Å². The predicted octanol–water partition coefficient (Wildman–Crippen LogP) is 3.37. The van der Waals surface area contributed by atoms with Gasteiger partial charge in [-0.25, -0.2) is 4.98 Å². The molecule has 0 bridgehead atoms. The van der Waals surface area contributed by atoms with Crippen LogP contribution in [0.5, 0.6) is 5.88 Å². The SMILES string of the molecule is CC(=NC1CCN(C#N)CC1)/C(=N\N)c1cc(OC2c3ncccc3CC2(C)C)n2c(C#N)cnc2c1. The van der Waals surface area contributed by atoms with Crippen LogP contribution >= 0.6 is 0 Å². The van der Waals surface area contributed by atoms with Crippen molar-refractivity contribution in [3.8, 4) is 18.1 Å². The summed E-state index contributed by atoms with van der Waals surface area (Å²) in [6.07, 6.45) is 7.63. The van der Waals surface area contributed by atoms with E-state index in [1.54, 1.807) is 15.5 Å². The van der Waals surface area contributed by atoms with Gasteiger partial charge in [-0.05, 0) is 43.9 Å². The highest BCUT2D eigenvalue weighted by Crippen LogP contribution is 2.46. The Hall–Kier alpha value is -4.44. The lowest BCUT2D eigenvalue weighted by atomic mass is 9.88. The van der Waals surface area contributed by atoms with Gasteiger partial charge >= 0.3 is 0 Å². The molecule has 1 atom stereocenters. The van der Waals surface area contributed by atoms with Crippen molar-refractivity contribution in [3.05, 3.63) is 59.2 Å². The van der Waals surface area contributed by atoms with Crippen molar-refractivity contribution in [3.63, 3.8) is 0 Å². The number of fused-ring (bicyclic) bond motifs is 2. The third-order valence-corrected chi connectivity index (χ3v) is 7.18. The third kappa shape index (κ3) is 4.47. The van der Waals surface area contributed by atoms with Crippen LogP contribution in [0.2, 0.25) is 0 Å². The molecule has 1 saturated heterocycles. The molecule has 1 aliphatic heterocycles. The van der Waals surface area contributed by atoms with E-state index in [-0.39, 0.29) is 17.6 Å². The molecule has 0 saturated carbocycles. The van der Waals surface area contributed by atoms with Gasteiger partial charge in [0.25, 0.3) is 0 Å². The fraction of sp³-hybridized carbons (Fsp3) is 0.407. The number of hydrogen-bond acceptors (Lipinski definition) is 9. The Morgan fingerprint density at radius 1 is 1.22 bits per heavy atom. The Kier molecular flexibility index (Phi) is 6.26. The summed E-state index contributed by atoms with van der Waals surface area (Å²) in [6, 6.07) is 10.00. The van der Waals surface area contributed by atoms with Crippen molar-refractivity contribution in [1.82, 2.24) is 19.3 Å². The zero-order valence-corrected chi connectivity index (χ0v) is 21.2. The molecule has 2 N–H and O–H groups in total. The minimum Gasteiger partial charge on any atom is -0.468 e. The number of imidazole rings is 1. The zero-order valence-electron chi connectivity index (χ0n) is 21.2. The molecule has 188 valence electrons. The van der Waals surface area contributed by atoms with E-state index in [1.165, 1.54) is 6.20 Å². The number of rotatable bonds is 5. The number of nitriles is 2. The van der Waals surface area contributed by atoms with E-state index >= 15 is 0 Å². The van der Waals surface area contributed by atoms with Crippen LogP contribution in [0.25, 0.3) is 5.65 Å². The Balaban J connectivity index is 1.54. The summed E-state index contributed by atoms with van der Waals surface area (Å²) in [5.41, 5.74) is 4.71. The molecule has 5 rings (SSSR count). The molecular formula is C27H29N9O. The number of nitrogens with zero attached hydrogens (tertiary/aromatic N) is 8. The second-order valence-corrected chi connectivity index (χ2v) is 10.3. The maximum absolute atomic E-state index is 9.74. The molecule has 0 amide bonds. The number of hydrazone groups is 1. The smallest absolute Gasteiger partial charge is 0.201 e. The van der Waals surface area contributed by atoms with Gasteiger partial charge in [0.15, 0.2) is 6.19 Å². The van der Waals surface area contributed by atoms with E-state index in [0.29, 0.717) is 47.3 Å². The number of ether oxygens (including phenoxy) is 1. The number of likely N-dealkylation sites (tertiary alicyclic amines) is 1. The van der Waals surface area contributed by atoms with Crippen molar-refractivity contribution >= 4 is 17.1 Å². The third-order valence-electron chi connectivity index (χ3n) is 7.18. The molecule has 10 nitrogen and oxygen atoms in total. The molecule has 3 aromatic rings. The molecule has 2 aliphatic rings. The molecule has 10 heteroatoms. The highest BCUT2D eigenvalue weighted by molar-refractivity contribution is 6.47. The second kappa shape index (κ2) is 9.55. The normalized spacial score (nSPS) is 19.9. The zero-order chi connectivity index (χ0) is 26.2. The van der Waals surface area contributed by atoms with Crippen LogP contribution in [0.1, 0.15) is 62.2 Å². The van der Waals surface area contributed by atoms with Crippen molar-refractivity contribution in [2.75, 3.05) is 13.1 Å². The molecule has 3 aromatic heterocycles.